The Kier molecular flexibility index (Phi) is 5.97. The van der Waals surface area contributed by atoms with Crippen molar-refractivity contribution in [2.75, 3.05) is 13.2 Å². The second-order valence-corrected chi connectivity index (χ2v) is 4.59. The summed E-state index contributed by atoms with van der Waals surface area (Å²) in [6.07, 6.45) is 3.21. The Morgan fingerprint density at radius 1 is 1.38 bits per heavy atom. The highest BCUT2D eigenvalue weighted by atomic mass is 31.2. The largest absolute Gasteiger partial charge is 0.357 e. The summed E-state index contributed by atoms with van der Waals surface area (Å²) < 4.78 is 22.1. The first-order valence-electron chi connectivity index (χ1n) is 4.29. The fraction of sp³-hybridized carbons (Fsp3) is 0.556. The van der Waals surface area contributed by atoms with Gasteiger partial charge < -0.3 is 9.05 Å². The molecule has 0 heterocycles. The summed E-state index contributed by atoms with van der Waals surface area (Å²) in [6, 6.07) is 0. The number of allylic oxidation sites excluding steroid dienone is 3. The smallest absolute Gasteiger partial charge is 0.306 e. The molecule has 0 spiro atoms. The highest BCUT2D eigenvalue weighted by molar-refractivity contribution is 7.58. The van der Waals surface area contributed by atoms with Gasteiger partial charge in [0.1, 0.15) is 0 Å². The molecule has 0 aromatic heterocycles. The number of rotatable bonds is 6. The minimum absolute atomic E-state index is 0.375. The molecule has 0 N–H and O–H groups in total. The highest BCUT2D eigenvalue weighted by Crippen LogP contribution is 2.55. The molecule has 0 fully saturated rings. The first-order chi connectivity index (χ1) is 6.10. The van der Waals surface area contributed by atoms with Gasteiger partial charge in [0.05, 0.1) is 13.2 Å². The lowest BCUT2D eigenvalue weighted by Gasteiger charge is -2.16. The molecule has 0 aliphatic heterocycles. The van der Waals surface area contributed by atoms with Gasteiger partial charge in [0.2, 0.25) is 0 Å². The summed E-state index contributed by atoms with van der Waals surface area (Å²) in [6.45, 7) is 9.56. The van der Waals surface area contributed by atoms with Crippen molar-refractivity contribution >= 4 is 7.60 Å². The van der Waals surface area contributed by atoms with E-state index in [0.29, 0.717) is 18.5 Å². The van der Waals surface area contributed by atoms with Crippen LogP contribution in [0.3, 0.4) is 0 Å². The molecule has 0 saturated heterocycles. The Morgan fingerprint density at radius 3 is 2.15 bits per heavy atom. The van der Waals surface area contributed by atoms with Gasteiger partial charge >= 0.3 is 7.60 Å². The lowest BCUT2D eigenvalue weighted by atomic mass is 10.5. The van der Waals surface area contributed by atoms with E-state index in [2.05, 4.69) is 6.58 Å². The van der Waals surface area contributed by atoms with E-state index in [1.54, 1.807) is 32.9 Å². The van der Waals surface area contributed by atoms with Crippen LogP contribution in [-0.4, -0.2) is 13.2 Å². The highest BCUT2D eigenvalue weighted by Gasteiger charge is 2.25. The molecule has 0 bridgehead atoms. The van der Waals surface area contributed by atoms with Crippen LogP contribution in [0.25, 0.3) is 0 Å². The van der Waals surface area contributed by atoms with Crippen molar-refractivity contribution in [2.24, 2.45) is 0 Å². The number of hydrogen-bond acceptors (Lipinski definition) is 3. The van der Waals surface area contributed by atoms with E-state index in [1.165, 1.54) is 0 Å². The second kappa shape index (κ2) is 6.14. The number of hydrogen-bond donors (Lipinski definition) is 0. The lowest BCUT2D eigenvalue weighted by Crippen LogP contribution is -1.96. The maximum absolute atomic E-state index is 11.9. The van der Waals surface area contributed by atoms with Gasteiger partial charge in [-0.1, -0.05) is 18.7 Å². The molecule has 76 valence electrons. The van der Waals surface area contributed by atoms with Gasteiger partial charge in [-0.05, 0) is 20.8 Å². The molecule has 0 aliphatic carbocycles. The van der Waals surface area contributed by atoms with Gasteiger partial charge in [-0.3, -0.25) is 4.57 Å². The first kappa shape index (κ1) is 12.6. The summed E-state index contributed by atoms with van der Waals surface area (Å²) in [7, 11) is -3.04. The third-order valence-electron chi connectivity index (χ3n) is 1.39. The predicted molar refractivity (Wildman–Crippen MR) is 54.8 cm³/mol. The molecule has 0 amide bonds. The average molecular weight is 204 g/mol. The van der Waals surface area contributed by atoms with E-state index in [9.17, 15) is 4.57 Å². The molecule has 0 saturated carbocycles. The minimum Gasteiger partial charge on any atom is -0.306 e. The maximum atomic E-state index is 11.9. The van der Waals surface area contributed by atoms with E-state index >= 15 is 0 Å². The fourth-order valence-corrected chi connectivity index (χ4v) is 2.29. The van der Waals surface area contributed by atoms with Gasteiger partial charge in [0, 0.05) is 5.31 Å². The van der Waals surface area contributed by atoms with E-state index in [-0.39, 0.29) is 0 Å². The van der Waals surface area contributed by atoms with Crippen molar-refractivity contribution in [3.05, 3.63) is 24.0 Å². The van der Waals surface area contributed by atoms with Gasteiger partial charge in [-0.15, -0.1) is 0 Å². The van der Waals surface area contributed by atoms with Crippen molar-refractivity contribution in [1.29, 1.82) is 0 Å². The quantitative estimate of drug-likeness (QED) is 0.491. The molecule has 0 aromatic rings. The molecule has 0 unspecified atom stereocenters. The topological polar surface area (TPSA) is 35.5 Å². The SMILES string of the molecule is C=CC=C(C)P(=O)(OCC)OCC. The van der Waals surface area contributed by atoms with Crippen LogP contribution in [0.5, 0.6) is 0 Å². The van der Waals surface area contributed by atoms with Crippen molar-refractivity contribution < 1.29 is 13.6 Å². The first-order valence-corrected chi connectivity index (χ1v) is 5.84. The van der Waals surface area contributed by atoms with Crippen molar-refractivity contribution in [2.45, 2.75) is 20.8 Å². The zero-order chi connectivity index (χ0) is 10.3. The summed E-state index contributed by atoms with van der Waals surface area (Å²) in [5.74, 6) is 0. The molecular formula is C9H17O3P. The third-order valence-corrected chi connectivity index (χ3v) is 3.60. The Bertz CT molecular complexity index is 223. The van der Waals surface area contributed by atoms with Crippen molar-refractivity contribution in [3.8, 4) is 0 Å². The Labute approximate surface area is 80.0 Å². The van der Waals surface area contributed by atoms with E-state index < -0.39 is 7.60 Å². The normalized spacial score (nSPS) is 13.0. The van der Waals surface area contributed by atoms with Gasteiger partial charge in [-0.25, -0.2) is 0 Å². The average Bonchev–Trinajstić information content (AvgIpc) is 2.05. The summed E-state index contributed by atoms with van der Waals surface area (Å²) in [4.78, 5) is 0. The second-order valence-electron chi connectivity index (χ2n) is 2.38. The Balaban J connectivity index is 4.66. The molecule has 0 aromatic carbocycles. The van der Waals surface area contributed by atoms with Crippen LogP contribution in [0.4, 0.5) is 0 Å². The molecule has 13 heavy (non-hydrogen) atoms. The standard InChI is InChI=1S/C9H17O3P/c1-5-8-9(4)13(10,11-6-2)12-7-3/h5,8H,1,6-7H2,2-4H3. The van der Waals surface area contributed by atoms with Gasteiger partial charge in [-0.2, -0.15) is 0 Å². The minimum atomic E-state index is -3.04. The van der Waals surface area contributed by atoms with Crippen LogP contribution in [0.2, 0.25) is 0 Å². The van der Waals surface area contributed by atoms with Crippen LogP contribution >= 0.6 is 7.60 Å². The van der Waals surface area contributed by atoms with Crippen molar-refractivity contribution in [1.82, 2.24) is 0 Å². The van der Waals surface area contributed by atoms with Crippen LogP contribution in [0.1, 0.15) is 20.8 Å². The summed E-state index contributed by atoms with van der Waals surface area (Å²) >= 11 is 0. The van der Waals surface area contributed by atoms with E-state index in [4.69, 9.17) is 9.05 Å². The third kappa shape index (κ3) is 3.90. The zero-order valence-corrected chi connectivity index (χ0v) is 9.34. The molecule has 0 aliphatic rings. The Morgan fingerprint density at radius 2 is 1.85 bits per heavy atom. The molecule has 4 heteroatoms. The van der Waals surface area contributed by atoms with E-state index in [0.717, 1.165) is 0 Å². The van der Waals surface area contributed by atoms with Crippen LogP contribution in [0, 0.1) is 0 Å². The molecular weight excluding hydrogens is 187 g/mol. The monoisotopic (exact) mass is 204 g/mol. The zero-order valence-electron chi connectivity index (χ0n) is 8.45. The summed E-state index contributed by atoms with van der Waals surface area (Å²) in [5, 5.41) is 0.589. The Hall–Kier alpha value is -0.370. The van der Waals surface area contributed by atoms with E-state index in [1.807, 2.05) is 0 Å². The van der Waals surface area contributed by atoms with Crippen molar-refractivity contribution in [3.63, 3.8) is 0 Å². The van der Waals surface area contributed by atoms with Gasteiger partial charge in [0.25, 0.3) is 0 Å². The maximum Gasteiger partial charge on any atom is 0.357 e. The van der Waals surface area contributed by atoms with Gasteiger partial charge in [0.15, 0.2) is 0 Å². The predicted octanol–water partition coefficient (Wildman–Crippen LogP) is 3.34. The van der Waals surface area contributed by atoms with Crippen LogP contribution in [-0.2, 0) is 13.6 Å². The van der Waals surface area contributed by atoms with Crippen LogP contribution in [0.15, 0.2) is 24.0 Å². The molecule has 0 atom stereocenters. The molecule has 0 radical (unpaired) electrons. The molecule has 3 nitrogen and oxygen atoms in total. The fourth-order valence-electron chi connectivity index (χ4n) is 0.843. The molecule has 0 rings (SSSR count). The lowest BCUT2D eigenvalue weighted by molar-refractivity contribution is 0.226. The summed E-state index contributed by atoms with van der Waals surface area (Å²) in [5.41, 5.74) is 0. The van der Waals surface area contributed by atoms with Crippen LogP contribution < -0.4 is 0 Å².